The van der Waals surface area contributed by atoms with E-state index in [1.54, 1.807) is 43.3 Å². The van der Waals surface area contributed by atoms with Crippen molar-refractivity contribution in [1.29, 1.82) is 0 Å². The highest BCUT2D eigenvalue weighted by Gasteiger charge is 2.14. The predicted molar refractivity (Wildman–Crippen MR) is 122 cm³/mol. The van der Waals surface area contributed by atoms with Crippen LogP contribution in [0.4, 0.5) is 0 Å². The van der Waals surface area contributed by atoms with E-state index < -0.39 is 12.0 Å². The number of amides is 1. The molecule has 3 rings (SSSR count). The molecule has 0 spiro atoms. The van der Waals surface area contributed by atoms with E-state index in [-0.39, 0.29) is 5.75 Å². The van der Waals surface area contributed by atoms with Crippen LogP contribution in [0.5, 0.6) is 23.0 Å². The first-order chi connectivity index (χ1) is 15.5. The summed E-state index contributed by atoms with van der Waals surface area (Å²) in [5, 5.41) is 13.7. The van der Waals surface area contributed by atoms with Crippen molar-refractivity contribution in [3.8, 4) is 23.0 Å². The highest BCUT2D eigenvalue weighted by Crippen LogP contribution is 2.26. The smallest absolute Gasteiger partial charge is 0.280 e. The standard InChI is InChI=1S/C25H26N2O5/c1-3-30-24-15-20(9-14-23(24)28)16-26-27-25(29)18(2)32-22-12-10-21(11-13-22)31-17-19-7-5-4-6-8-19/h4-16,18,28H,3,17H2,1-2H3,(H,27,29). The monoisotopic (exact) mass is 434 g/mol. The molecule has 0 aliphatic carbocycles. The van der Waals surface area contributed by atoms with Crippen molar-refractivity contribution < 1.29 is 24.1 Å². The summed E-state index contributed by atoms with van der Waals surface area (Å²) >= 11 is 0. The van der Waals surface area contributed by atoms with Crippen LogP contribution in [0.15, 0.2) is 77.9 Å². The maximum Gasteiger partial charge on any atom is 0.280 e. The molecule has 0 saturated carbocycles. The van der Waals surface area contributed by atoms with Gasteiger partial charge in [0.25, 0.3) is 5.91 Å². The summed E-state index contributed by atoms with van der Waals surface area (Å²) in [6, 6.07) is 21.8. The predicted octanol–water partition coefficient (Wildman–Crippen LogP) is 4.29. The Labute approximate surface area is 187 Å². The number of benzene rings is 3. The fraction of sp³-hybridized carbons (Fsp3) is 0.200. The van der Waals surface area contributed by atoms with E-state index in [4.69, 9.17) is 14.2 Å². The number of carbonyl (C=O) groups excluding carboxylic acids is 1. The molecule has 0 bridgehead atoms. The third kappa shape index (κ3) is 6.77. The van der Waals surface area contributed by atoms with E-state index in [1.165, 1.54) is 12.3 Å². The number of hydrogen-bond acceptors (Lipinski definition) is 6. The molecule has 1 atom stereocenters. The van der Waals surface area contributed by atoms with E-state index in [0.29, 0.717) is 36.0 Å². The van der Waals surface area contributed by atoms with E-state index >= 15 is 0 Å². The number of aromatic hydroxyl groups is 1. The van der Waals surface area contributed by atoms with Crippen molar-refractivity contribution in [2.75, 3.05) is 6.61 Å². The van der Waals surface area contributed by atoms with Crippen LogP contribution >= 0.6 is 0 Å². The molecule has 166 valence electrons. The van der Waals surface area contributed by atoms with Crippen molar-refractivity contribution in [2.24, 2.45) is 5.10 Å². The number of hydrogen-bond donors (Lipinski definition) is 2. The van der Waals surface area contributed by atoms with E-state index in [1.807, 2.05) is 37.3 Å². The zero-order valence-corrected chi connectivity index (χ0v) is 18.0. The molecular weight excluding hydrogens is 408 g/mol. The van der Waals surface area contributed by atoms with Crippen LogP contribution in [0, 0.1) is 0 Å². The minimum Gasteiger partial charge on any atom is -0.504 e. The maximum absolute atomic E-state index is 12.2. The molecule has 2 N–H and O–H groups in total. The van der Waals surface area contributed by atoms with Crippen molar-refractivity contribution in [3.05, 3.63) is 83.9 Å². The summed E-state index contributed by atoms with van der Waals surface area (Å²) in [4.78, 5) is 12.2. The number of ether oxygens (including phenoxy) is 3. The Morgan fingerprint density at radius 3 is 2.47 bits per heavy atom. The van der Waals surface area contributed by atoms with Gasteiger partial charge in [-0.2, -0.15) is 5.10 Å². The average molecular weight is 434 g/mol. The van der Waals surface area contributed by atoms with Crippen LogP contribution < -0.4 is 19.6 Å². The second-order valence-electron chi connectivity index (χ2n) is 6.90. The normalized spacial score (nSPS) is 11.7. The Morgan fingerprint density at radius 1 is 1.03 bits per heavy atom. The second-order valence-corrected chi connectivity index (χ2v) is 6.90. The minimum atomic E-state index is -0.748. The third-order valence-electron chi connectivity index (χ3n) is 4.43. The summed E-state index contributed by atoms with van der Waals surface area (Å²) in [5.41, 5.74) is 4.20. The van der Waals surface area contributed by atoms with Gasteiger partial charge in [0.05, 0.1) is 12.8 Å². The number of carbonyl (C=O) groups is 1. The van der Waals surface area contributed by atoms with Gasteiger partial charge in [0.1, 0.15) is 18.1 Å². The molecule has 32 heavy (non-hydrogen) atoms. The molecule has 1 unspecified atom stereocenters. The summed E-state index contributed by atoms with van der Waals surface area (Å²) in [5.74, 6) is 1.27. The average Bonchev–Trinajstić information content (AvgIpc) is 2.81. The SMILES string of the molecule is CCOc1cc(C=NNC(=O)C(C)Oc2ccc(OCc3ccccc3)cc2)ccc1O. The maximum atomic E-state index is 12.2. The molecule has 1 amide bonds. The molecule has 7 nitrogen and oxygen atoms in total. The lowest BCUT2D eigenvalue weighted by Crippen LogP contribution is -2.33. The van der Waals surface area contributed by atoms with Crippen LogP contribution in [0.2, 0.25) is 0 Å². The zero-order valence-electron chi connectivity index (χ0n) is 18.0. The van der Waals surface area contributed by atoms with Crippen molar-refractivity contribution in [2.45, 2.75) is 26.6 Å². The molecule has 0 radical (unpaired) electrons. The molecule has 3 aromatic carbocycles. The van der Waals surface area contributed by atoms with E-state index in [2.05, 4.69) is 10.5 Å². The number of hydrazone groups is 1. The zero-order chi connectivity index (χ0) is 22.8. The fourth-order valence-corrected chi connectivity index (χ4v) is 2.76. The largest absolute Gasteiger partial charge is 0.504 e. The molecule has 0 fully saturated rings. The summed E-state index contributed by atoms with van der Waals surface area (Å²) in [6.45, 7) is 4.37. The lowest BCUT2D eigenvalue weighted by atomic mass is 10.2. The number of nitrogens with zero attached hydrogens (tertiary/aromatic N) is 1. The van der Waals surface area contributed by atoms with Gasteiger partial charge < -0.3 is 19.3 Å². The molecule has 0 saturated heterocycles. The highest BCUT2D eigenvalue weighted by molar-refractivity contribution is 5.84. The van der Waals surface area contributed by atoms with Gasteiger partial charge in [0.2, 0.25) is 0 Å². The van der Waals surface area contributed by atoms with Crippen LogP contribution in [-0.4, -0.2) is 29.9 Å². The number of phenolic OH excluding ortho intramolecular Hbond substituents is 1. The summed E-state index contributed by atoms with van der Waals surface area (Å²) in [6.07, 6.45) is 0.716. The lowest BCUT2D eigenvalue weighted by molar-refractivity contribution is -0.127. The Hall–Kier alpha value is -4.00. The van der Waals surface area contributed by atoms with Crippen LogP contribution in [0.1, 0.15) is 25.0 Å². The van der Waals surface area contributed by atoms with E-state index in [0.717, 1.165) is 5.56 Å². The summed E-state index contributed by atoms with van der Waals surface area (Å²) < 4.78 is 16.7. The molecule has 3 aromatic rings. The lowest BCUT2D eigenvalue weighted by Gasteiger charge is -2.13. The van der Waals surface area contributed by atoms with Crippen LogP contribution in [-0.2, 0) is 11.4 Å². The van der Waals surface area contributed by atoms with E-state index in [9.17, 15) is 9.90 Å². The van der Waals surface area contributed by atoms with Gasteiger partial charge in [0.15, 0.2) is 17.6 Å². The van der Waals surface area contributed by atoms with Gasteiger partial charge in [-0.25, -0.2) is 5.43 Å². The molecule has 0 aliphatic heterocycles. The second kappa shape index (κ2) is 11.4. The van der Waals surface area contributed by atoms with Gasteiger partial charge in [-0.05, 0) is 67.4 Å². The van der Waals surface area contributed by atoms with Gasteiger partial charge >= 0.3 is 0 Å². The Morgan fingerprint density at radius 2 is 1.75 bits per heavy atom. The van der Waals surface area contributed by atoms with Gasteiger partial charge in [0, 0.05) is 0 Å². The molecule has 0 heterocycles. The molecule has 0 aliphatic rings. The fourth-order valence-electron chi connectivity index (χ4n) is 2.76. The van der Waals surface area contributed by atoms with Crippen molar-refractivity contribution >= 4 is 12.1 Å². The Kier molecular flexibility index (Phi) is 8.09. The van der Waals surface area contributed by atoms with Gasteiger partial charge in [-0.1, -0.05) is 30.3 Å². The third-order valence-corrected chi connectivity index (χ3v) is 4.43. The number of nitrogens with one attached hydrogen (secondary N) is 1. The van der Waals surface area contributed by atoms with Crippen LogP contribution in [0.25, 0.3) is 0 Å². The Bertz CT molecular complexity index is 1040. The minimum absolute atomic E-state index is 0.0477. The quantitative estimate of drug-likeness (QED) is 0.367. The molecule has 0 aromatic heterocycles. The number of rotatable bonds is 10. The first-order valence-corrected chi connectivity index (χ1v) is 10.3. The first-order valence-electron chi connectivity index (χ1n) is 10.3. The summed E-state index contributed by atoms with van der Waals surface area (Å²) in [7, 11) is 0. The highest BCUT2D eigenvalue weighted by atomic mass is 16.5. The van der Waals surface area contributed by atoms with Crippen molar-refractivity contribution in [1.82, 2.24) is 5.43 Å². The van der Waals surface area contributed by atoms with Crippen molar-refractivity contribution in [3.63, 3.8) is 0 Å². The van der Waals surface area contributed by atoms with Gasteiger partial charge in [-0.15, -0.1) is 0 Å². The number of phenols is 1. The van der Waals surface area contributed by atoms with Crippen LogP contribution in [0.3, 0.4) is 0 Å². The molecular formula is C25H26N2O5. The topological polar surface area (TPSA) is 89.4 Å². The van der Waals surface area contributed by atoms with Gasteiger partial charge in [-0.3, -0.25) is 4.79 Å². The first kappa shape index (κ1) is 22.7. The molecule has 7 heteroatoms. The Balaban J connectivity index is 1.47.